The van der Waals surface area contributed by atoms with E-state index in [4.69, 9.17) is 23.2 Å². The molecule has 133 valence electrons. The number of benzene rings is 1. The standard InChI is InChI=1S/C17H19Cl2N3O2.V/c1-10-9-22(14(23)5-3-12-8-20-17(24)21-12)7-6-11-2-4-13(18)16(19)15(10)11;/h2,4,10,12H,3,5-7,9H2,1H3,(H2,20,21,24);. The first-order valence-electron chi connectivity index (χ1n) is 8.24. The van der Waals surface area contributed by atoms with Crippen molar-refractivity contribution in [2.24, 2.45) is 0 Å². The van der Waals surface area contributed by atoms with E-state index in [1.165, 1.54) is 0 Å². The Morgan fingerprint density at radius 3 is 2.84 bits per heavy atom. The van der Waals surface area contributed by atoms with Crippen LogP contribution in [0, 0.1) is 0 Å². The number of fused-ring (bicyclic) bond motifs is 1. The molecule has 8 heteroatoms. The van der Waals surface area contributed by atoms with Gasteiger partial charge in [-0.3, -0.25) is 0 Å². The van der Waals surface area contributed by atoms with Gasteiger partial charge in [0.05, 0.1) is 0 Å². The number of rotatable bonds is 3. The molecule has 1 saturated heterocycles. The van der Waals surface area contributed by atoms with Crippen LogP contribution in [0.25, 0.3) is 0 Å². The summed E-state index contributed by atoms with van der Waals surface area (Å²) < 4.78 is 0.809. The van der Waals surface area contributed by atoms with Crippen molar-refractivity contribution in [2.75, 3.05) is 13.1 Å². The van der Waals surface area contributed by atoms with Gasteiger partial charge >= 0.3 is 166 Å². The van der Waals surface area contributed by atoms with Gasteiger partial charge in [0, 0.05) is 0 Å². The molecule has 2 atom stereocenters. The number of hydrogen-bond donors (Lipinski definition) is 2. The SMILES string of the molecule is CC1CN(C(=O)CCC2NC(=O)N[C]2=[V])CCc2ccc(Cl)c(Cl)c21. The van der Waals surface area contributed by atoms with Gasteiger partial charge in [-0.1, -0.05) is 0 Å². The van der Waals surface area contributed by atoms with Crippen LogP contribution < -0.4 is 10.6 Å². The minimum absolute atomic E-state index is 0.100. The molecule has 2 aliphatic rings. The second kappa shape index (κ2) is 7.71. The molecule has 0 bridgehead atoms. The van der Waals surface area contributed by atoms with E-state index in [2.05, 4.69) is 34.5 Å². The predicted octanol–water partition coefficient (Wildman–Crippen LogP) is 2.62. The molecule has 1 aromatic rings. The zero-order chi connectivity index (χ0) is 18.1. The summed E-state index contributed by atoms with van der Waals surface area (Å²) in [5, 5.41) is 6.66. The van der Waals surface area contributed by atoms with Crippen LogP contribution in [0.15, 0.2) is 12.1 Å². The fourth-order valence-corrected chi connectivity index (χ4v) is 4.45. The van der Waals surface area contributed by atoms with Crippen molar-refractivity contribution >= 4 is 39.5 Å². The second-order valence-corrected chi connectivity index (χ2v) is 8.04. The number of hydrogen-bond acceptors (Lipinski definition) is 2. The Balaban J connectivity index is 1.65. The van der Waals surface area contributed by atoms with E-state index < -0.39 is 0 Å². The van der Waals surface area contributed by atoms with Crippen LogP contribution in [0.2, 0.25) is 10.0 Å². The first-order valence-corrected chi connectivity index (χ1v) is 9.70. The van der Waals surface area contributed by atoms with Crippen LogP contribution in [-0.4, -0.2) is 40.3 Å². The van der Waals surface area contributed by atoms with Gasteiger partial charge in [-0.05, 0) is 0 Å². The molecular weight excluding hydrogens is 400 g/mol. The van der Waals surface area contributed by atoms with E-state index in [1.807, 2.05) is 17.0 Å². The third-order valence-electron chi connectivity index (χ3n) is 4.74. The van der Waals surface area contributed by atoms with Gasteiger partial charge in [0.15, 0.2) is 0 Å². The van der Waals surface area contributed by atoms with Gasteiger partial charge in [0.1, 0.15) is 0 Å². The van der Waals surface area contributed by atoms with Crippen molar-refractivity contribution in [3.05, 3.63) is 33.3 Å². The Labute approximate surface area is 165 Å². The zero-order valence-electron chi connectivity index (χ0n) is 13.8. The molecule has 5 nitrogen and oxygen atoms in total. The fourth-order valence-electron chi connectivity index (χ4n) is 3.45. The average molecular weight is 419 g/mol. The zero-order valence-corrected chi connectivity index (χ0v) is 16.7. The molecule has 0 radical (unpaired) electrons. The molecule has 0 saturated carbocycles. The van der Waals surface area contributed by atoms with Gasteiger partial charge < -0.3 is 0 Å². The van der Waals surface area contributed by atoms with Crippen LogP contribution >= 0.6 is 23.2 Å². The normalized spacial score (nSPS) is 22.9. The van der Waals surface area contributed by atoms with Crippen LogP contribution in [0.1, 0.15) is 36.8 Å². The summed E-state index contributed by atoms with van der Waals surface area (Å²) in [7, 11) is 0. The fraction of sp³-hybridized carbons (Fsp3) is 0.471. The van der Waals surface area contributed by atoms with Crippen molar-refractivity contribution in [2.45, 2.75) is 38.1 Å². The molecule has 1 aromatic carbocycles. The van der Waals surface area contributed by atoms with Crippen LogP contribution in [0.4, 0.5) is 4.79 Å². The Morgan fingerprint density at radius 1 is 1.40 bits per heavy atom. The number of nitrogens with one attached hydrogen (secondary N) is 2. The molecule has 3 rings (SSSR count). The summed E-state index contributed by atoms with van der Waals surface area (Å²) in [4.78, 5) is 25.9. The third kappa shape index (κ3) is 4.05. The van der Waals surface area contributed by atoms with Gasteiger partial charge in [-0.25, -0.2) is 0 Å². The molecule has 1 fully saturated rings. The summed E-state index contributed by atoms with van der Waals surface area (Å²) in [5.41, 5.74) is 2.21. The van der Waals surface area contributed by atoms with Crippen LogP contribution in [-0.2, 0) is 28.2 Å². The monoisotopic (exact) mass is 418 g/mol. The van der Waals surface area contributed by atoms with Gasteiger partial charge in [-0.15, -0.1) is 0 Å². The summed E-state index contributed by atoms with van der Waals surface area (Å²) in [6.07, 6.45) is 1.75. The number of halogens is 2. The molecule has 2 unspecified atom stereocenters. The molecule has 0 aromatic heterocycles. The summed E-state index contributed by atoms with van der Waals surface area (Å²) >= 11 is 14.9. The maximum absolute atomic E-state index is 12.7. The van der Waals surface area contributed by atoms with Crippen molar-refractivity contribution in [3.63, 3.8) is 0 Å². The molecule has 2 aliphatic heterocycles. The number of urea groups is 1. The van der Waals surface area contributed by atoms with E-state index in [0.29, 0.717) is 36.0 Å². The van der Waals surface area contributed by atoms with Crippen LogP contribution in [0.5, 0.6) is 0 Å². The summed E-state index contributed by atoms with van der Waals surface area (Å²) in [6, 6.07) is 3.51. The quantitative estimate of drug-likeness (QED) is 0.792. The van der Waals surface area contributed by atoms with E-state index in [-0.39, 0.29) is 23.9 Å². The maximum atomic E-state index is 12.7. The van der Waals surface area contributed by atoms with Crippen molar-refractivity contribution in [1.29, 1.82) is 0 Å². The van der Waals surface area contributed by atoms with Gasteiger partial charge in [-0.2, -0.15) is 0 Å². The Kier molecular flexibility index (Phi) is 5.79. The average Bonchev–Trinajstić information content (AvgIpc) is 2.78. The van der Waals surface area contributed by atoms with E-state index in [0.717, 1.165) is 21.9 Å². The second-order valence-electron chi connectivity index (χ2n) is 6.50. The summed E-state index contributed by atoms with van der Waals surface area (Å²) in [6.45, 7) is 3.37. The van der Waals surface area contributed by atoms with E-state index >= 15 is 0 Å². The molecule has 0 aliphatic carbocycles. The van der Waals surface area contributed by atoms with Crippen molar-refractivity contribution in [1.82, 2.24) is 15.5 Å². The van der Waals surface area contributed by atoms with Crippen LogP contribution in [0.3, 0.4) is 0 Å². The number of nitrogens with zero attached hydrogens (tertiary/aromatic N) is 1. The minimum atomic E-state index is -0.210. The molecule has 2 heterocycles. The topological polar surface area (TPSA) is 61.4 Å². The van der Waals surface area contributed by atoms with Crippen molar-refractivity contribution in [3.8, 4) is 0 Å². The molecule has 2 N–H and O–H groups in total. The van der Waals surface area contributed by atoms with E-state index in [9.17, 15) is 9.59 Å². The first kappa shape index (κ1) is 18.8. The number of amides is 3. The third-order valence-corrected chi connectivity index (χ3v) is 6.22. The van der Waals surface area contributed by atoms with E-state index in [1.54, 1.807) is 0 Å². The molecule has 0 spiro atoms. The van der Waals surface area contributed by atoms with Gasteiger partial charge in [0.25, 0.3) is 0 Å². The Morgan fingerprint density at radius 2 is 2.16 bits per heavy atom. The predicted molar refractivity (Wildman–Crippen MR) is 94.9 cm³/mol. The van der Waals surface area contributed by atoms with Crippen molar-refractivity contribution < 1.29 is 26.6 Å². The number of carbonyl (C=O) groups is 2. The van der Waals surface area contributed by atoms with Gasteiger partial charge in [0.2, 0.25) is 0 Å². The summed E-state index contributed by atoms with van der Waals surface area (Å²) in [5.74, 6) is 0.230. The Hall–Kier alpha value is -1.01. The molecular formula is C17H19Cl2N3O2V. The number of carbonyl (C=O) groups excluding carboxylic acids is 2. The first-order chi connectivity index (χ1) is 11.9. The molecule has 3 amide bonds. The Bertz CT molecular complexity index is 741. The molecule has 25 heavy (non-hydrogen) atoms.